The topological polar surface area (TPSA) is 111 Å². The molecule has 1 rings (SSSR count). The highest BCUT2D eigenvalue weighted by Gasteiger charge is 2.33. The van der Waals surface area contributed by atoms with Gasteiger partial charge in [0.15, 0.2) is 0 Å². The number of hydrogen-bond donors (Lipinski definition) is 2. The highest BCUT2D eigenvalue weighted by Crippen LogP contribution is 2.13. The number of alkyl carbamates (subject to hydrolysis) is 1. The van der Waals surface area contributed by atoms with Crippen molar-refractivity contribution in [3.8, 4) is 0 Å². The molecule has 24 heavy (non-hydrogen) atoms. The molecule has 0 saturated heterocycles. The minimum absolute atomic E-state index is 0.0325. The van der Waals surface area contributed by atoms with Crippen LogP contribution in [0.1, 0.15) is 12.0 Å². The first-order valence-electron chi connectivity index (χ1n) is 7.24. The zero-order valence-corrected chi connectivity index (χ0v) is 13.6. The molecule has 0 spiro atoms. The van der Waals surface area contributed by atoms with E-state index in [2.05, 4.69) is 14.8 Å². The quantitative estimate of drug-likeness (QED) is 0.528. The minimum atomic E-state index is -1.09. The van der Waals surface area contributed by atoms with Crippen molar-refractivity contribution in [3.05, 3.63) is 35.9 Å². The second kappa shape index (κ2) is 10.2. The first kappa shape index (κ1) is 19.4. The van der Waals surface area contributed by atoms with Gasteiger partial charge in [0, 0.05) is 0 Å². The molecule has 0 unspecified atom stereocenters. The standard InChI is InChI=1S/C16H21NO7/c1-22-14(19)8-12(15(20)23-2)13(9-18)17-16(21)24-10-11-6-4-3-5-7-11/h3-7,12-13,18H,8-10H2,1-2H3,(H,17,21)/t12-,13-/m1/s1. The zero-order valence-electron chi connectivity index (χ0n) is 13.6. The highest BCUT2D eigenvalue weighted by atomic mass is 16.5. The maximum Gasteiger partial charge on any atom is 0.407 e. The first-order valence-corrected chi connectivity index (χ1v) is 7.24. The lowest BCUT2D eigenvalue weighted by Crippen LogP contribution is -2.47. The van der Waals surface area contributed by atoms with Crippen LogP contribution in [0.3, 0.4) is 0 Å². The van der Waals surface area contributed by atoms with Crippen LogP contribution in [0.15, 0.2) is 30.3 Å². The van der Waals surface area contributed by atoms with Crippen LogP contribution in [0.2, 0.25) is 0 Å². The fourth-order valence-electron chi connectivity index (χ4n) is 1.99. The van der Waals surface area contributed by atoms with Gasteiger partial charge in [-0.15, -0.1) is 0 Å². The number of aliphatic hydroxyl groups excluding tert-OH is 1. The molecule has 0 bridgehead atoms. The van der Waals surface area contributed by atoms with E-state index in [0.717, 1.165) is 12.7 Å². The molecular weight excluding hydrogens is 318 g/mol. The van der Waals surface area contributed by atoms with Gasteiger partial charge < -0.3 is 24.6 Å². The summed E-state index contributed by atoms with van der Waals surface area (Å²) in [6.07, 6.45) is -1.16. The van der Waals surface area contributed by atoms with Crippen molar-refractivity contribution in [2.75, 3.05) is 20.8 Å². The van der Waals surface area contributed by atoms with Gasteiger partial charge in [-0.05, 0) is 5.56 Å². The maximum absolute atomic E-state index is 11.8. The van der Waals surface area contributed by atoms with E-state index < -0.39 is 36.6 Å². The van der Waals surface area contributed by atoms with Crippen LogP contribution in [-0.4, -0.2) is 50.0 Å². The Bertz CT molecular complexity index is 547. The largest absolute Gasteiger partial charge is 0.469 e. The van der Waals surface area contributed by atoms with Gasteiger partial charge in [0.05, 0.1) is 39.2 Å². The summed E-state index contributed by atoms with van der Waals surface area (Å²) in [5, 5.41) is 11.8. The van der Waals surface area contributed by atoms with E-state index in [1.807, 2.05) is 6.07 Å². The number of aliphatic hydroxyl groups is 1. The van der Waals surface area contributed by atoms with E-state index in [1.165, 1.54) is 7.11 Å². The second-order valence-electron chi connectivity index (χ2n) is 4.91. The normalized spacial score (nSPS) is 12.6. The molecule has 0 aliphatic carbocycles. The van der Waals surface area contributed by atoms with Crippen LogP contribution in [-0.2, 0) is 30.4 Å². The van der Waals surface area contributed by atoms with E-state index in [4.69, 9.17) is 4.74 Å². The molecule has 1 aromatic carbocycles. The Labute approximate surface area is 139 Å². The van der Waals surface area contributed by atoms with Crippen LogP contribution >= 0.6 is 0 Å². The summed E-state index contributed by atoms with van der Waals surface area (Å²) in [6, 6.07) is 7.96. The lowest BCUT2D eigenvalue weighted by Gasteiger charge is -2.23. The van der Waals surface area contributed by atoms with E-state index in [1.54, 1.807) is 24.3 Å². The fraction of sp³-hybridized carbons (Fsp3) is 0.438. The fourth-order valence-corrected chi connectivity index (χ4v) is 1.99. The molecule has 0 fully saturated rings. The smallest absolute Gasteiger partial charge is 0.407 e. The molecule has 0 saturated carbocycles. The minimum Gasteiger partial charge on any atom is -0.469 e. The Kier molecular flexibility index (Phi) is 8.28. The maximum atomic E-state index is 11.8. The Morgan fingerprint density at radius 2 is 1.79 bits per heavy atom. The lowest BCUT2D eigenvalue weighted by molar-refractivity contribution is -0.153. The van der Waals surface area contributed by atoms with Gasteiger partial charge in [0.25, 0.3) is 0 Å². The number of rotatable bonds is 8. The second-order valence-corrected chi connectivity index (χ2v) is 4.91. The van der Waals surface area contributed by atoms with Crippen molar-refractivity contribution in [2.24, 2.45) is 5.92 Å². The van der Waals surface area contributed by atoms with Crippen LogP contribution in [0.5, 0.6) is 0 Å². The van der Waals surface area contributed by atoms with Crippen molar-refractivity contribution in [3.63, 3.8) is 0 Å². The summed E-state index contributed by atoms with van der Waals surface area (Å²) < 4.78 is 14.1. The van der Waals surface area contributed by atoms with Gasteiger partial charge in [0.2, 0.25) is 0 Å². The molecular formula is C16H21NO7. The monoisotopic (exact) mass is 339 g/mol. The summed E-state index contributed by atoms with van der Waals surface area (Å²) in [4.78, 5) is 35.0. The number of methoxy groups -OCH3 is 2. The molecule has 0 aromatic heterocycles. The van der Waals surface area contributed by atoms with Crippen LogP contribution in [0.4, 0.5) is 4.79 Å². The Hall–Kier alpha value is -2.61. The van der Waals surface area contributed by atoms with E-state index in [9.17, 15) is 19.5 Å². The molecule has 8 nitrogen and oxygen atoms in total. The summed E-state index contributed by atoms with van der Waals surface area (Å²) in [7, 11) is 2.32. The van der Waals surface area contributed by atoms with Crippen LogP contribution in [0, 0.1) is 5.92 Å². The molecule has 8 heteroatoms. The van der Waals surface area contributed by atoms with Crippen LogP contribution < -0.4 is 5.32 Å². The summed E-state index contributed by atoms with van der Waals surface area (Å²) in [5.74, 6) is -2.50. The van der Waals surface area contributed by atoms with E-state index in [0.29, 0.717) is 0 Å². The van der Waals surface area contributed by atoms with Crippen molar-refractivity contribution in [1.29, 1.82) is 0 Å². The molecule has 1 aromatic rings. The van der Waals surface area contributed by atoms with E-state index >= 15 is 0 Å². The first-order chi connectivity index (χ1) is 11.5. The Morgan fingerprint density at radius 1 is 1.12 bits per heavy atom. The van der Waals surface area contributed by atoms with Crippen molar-refractivity contribution < 1.29 is 33.7 Å². The molecule has 132 valence electrons. The lowest BCUT2D eigenvalue weighted by atomic mass is 9.96. The molecule has 1 amide bonds. The van der Waals surface area contributed by atoms with Gasteiger partial charge in [-0.1, -0.05) is 30.3 Å². The third-order valence-electron chi connectivity index (χ3n) is 3.32. The molecule has 0 radical (unpaired) electrons. The molecule has 0 aliphatic heterocycles. The molecule has 2 N–H and O–H groups in total. The number of amides is 1. The van der Waals surface area contributed by atoms with Gasteiger partial charge >= 0.3 is 18.0 Å². The molecule has 0 heterocycles. The average Bonchev–Trinajstić information content (AvgIpc) is 2.62. The number of carbonyl (C=O) groups is 3. The van der Waals surface area contributed by atoms with Crippen LogP contribution in [0.25, 0.3) is 0 Å². The van der Waals surface area contributed by atoms with Crippen molar-refractivity contribution >= 4 is 18.0 Å². The SMILES string of the molecule is COC(=O)C[C@@H](C(=O)OC)[C@@H](CO)NC(=O)OCc1ccccc1. The van der Waals surface area contributed by atoms with Gasteiger partial charge in [-0.3, -0.25) is 9.59 Å². The zero-order chi connectivity index (χ0) is 17.9. The van der Waals surface area contributed by atoms with Gasteiger partial charge in [0.1, 0.15) is 6.61 Å². The third-order valence-corrected chi connectivity index (χ3v) is 3.32. The van der Waals surface area contributed by atoms with Crippen molar-refractivity contribution in [2.45, 2.75) is 19.1 Å². The predicted octanol–water partition coefficient (Wildman–Crippen LogP) is 0.626. The summed E-state index contributed by atoms with van der Waals surface area (Å²) in [5.41, 5.74) is 0.785. The Morgan fingerprint density at radius 3 is 2.33 bits per heavy atom. The predicted molar refractivity (Wildman–Crippen MR) is 82.8 cm³/mol. The summed E-state index contributed by atoms with van der Waals surface area (Å²) in [6.45, 7) is -0.540. The number of nitrogens with one attached hydrogen (secondary N) is 1. The number of esters is 2. The number of ether oxygens (including phenoxy) is 3. The average molecular weight is 339 g/mol. The van der Waals surface area contributed by atoms with E-state index in [-0.39, 0.29) is 13.0 Å². The number of benzene rings is 1. The molecule has 0 aliphatic rings. The highest BCUT2D eigenvalue weighted by molar-refractivity contribution is 5.81. The summed E-state index contributed by atoms with van der Waals surface area (Å²) >= 11 is 0. The third kappa shape index (κ3) is 6.25. The van der Waals surface area contributed by atoms with Gasteiger partial charge in [-0.25, -0.2) is 4.79 Å². The number of carbonyl (C=O) groups excluding carboxylic acids is 3. The van der Waals surface area contributed by atoms with Gasteiger partial charge in [-0.2, -0.15) is 0 Å². The Balaban J connectivity index is 2.65. The molecule has 2 atom stereocenters. The number of hydrogen-bond acceptors (Lipinski definition) is 7. The van der Waals surface area contributed by atoms with Crippen molar-refractivity contribution in [1.82, 2.24) is 5.32 Å².